The predicted octanol–water partition coefficient (Wildman–Crippen LogP) is 9.25. The molecule has 5 aromatic carbocycles. The minimum absolute atomic E-state index is 0.101. The van der Waals surface area contributed by atoms with Crippen LogP contribution in [0.4, 0.5) is 5.69 Å². The Bertz CT molecular complexity index is 1840. The number of benzene rings is 5. The minimum Gasteiger partial charge on any atom is -0.490 e. The van der Waals surface area contributed by atoms with Crippen LogP contribution in [0.2, 0.25) is 10.0 Å². The molecule has 0 heterocycles. The molecule has 6 nitrogen and oxygen atoms in total. The van der Waals surface area contributed by atoms with Gasteiger partial charge in [0.25, 0.3) is 5.91 Å². The van der Waals surface area contributed by atoms with Gasteiger partial charge < -0.3 is 19.5 Å². The average molecular weight is 624 g/mol. The highest BCUT2D eigenvalue weighted by atomic mass is 35.5. The molecule has 5 rings (SSSR count). The van der Waals surface area contributed by atoms with E-state index in [4.69, 9.17) is 37.4 Å². The largest absolute Gasteiger partial charge is 0.490 e. The molecule has 1 amide bonds. The molecule has 0 spiro atoms. The monoisotopic (exact) mass is 622 g/mol. The Hall–Kier alpha value is -4.96. The summed E-state index contributed by atoms with van der Waals surface area (Å²) < 4.78 is 17.8. The second kappa shape index (κ2) is 14.5. The van der Waals surface area contributed by atoms with Gasteiger partial charge in [-0.15, -0.1) is 0 Å². The van der Waals surface area contributed by atoms with Crippen LogP contribution in [0.3, 0.4) is 0 Å². The summed E-state index contributed by atoms with van der Waals surface area (Å²) >= 11 is 12.6. The number of amides is 1. The lowest BCUT2D eigenvalue weighted by Gasteiger charge is -2.15. The highest BCUT2D eigenvalue weighted by molar-refractivity contribution is 6.32. The van der Waals surface area contributed by atoms with Gasteiger partial charge in [-0.1, -0.05) is 77.8 Å². The van der Waals surface area contributed by atoms with Crippen molar-refractivity contribution in [3.8, 4) is 23.3 Å². The molecule has 0 aliphatic rings. The molecule has 0 saturated heterocycles. The van der Waals surface area contributed by atoms with Gasteiger partial charge in [0, 0.05) is 10.7 Å². The molecule has 44 heavy (non-hydrogen) atoms. The third kappa shape index (κ3) is 7.70. The molecule has 0 fully saturated rings. The quantitative estimate of drug-likeness (QED) is 0.117. The van der Waals surface area contributed by atoms with Crippen LogP contribution in [-0.2, 0) is 18.0 Å². The molecule has 0 aliphatic heterocycles. The third-order valence-corrected chi connectivity index (χ3v) is 7.22. The van der Waals surface area contributed by atoms with Crippen LogP contribution in [0, 0.1) is 11.3 Å². The normalized spacial score (nSPS) is 11.1. The lowest BCUT2D eigenvalue weighted by Crippen LogP contribution is -2.13. The van der Waals surface area contributed by atoms with Gasteiger partial charge in [-0.2, -0.15) is 5.26 Å². The minimum atomic E-state index is -0.562. The van der Waals surface area contributed by atoms with Crippen LogP contribution >= 0.6 is 23.2 Å². The summed E-state index contributed by atoms with van der Waals surface area (Å²) in [6.45, 7) is 2.89. The van der Waals surface area contributed by atoms with Gasteiger partial charge in [0.1, 0.15) is 30.6 Å². The summed E-state index contributed by atoms with van der Waals surface area (Å²) in [5, 5.41) is 15.7. The maximum Gasteiger partial charge on any atom is 0.266 e. The molecule has 1 N–H and O–H groups in total. The van der Waals surface area contributed by atoms with Crippen molar-refractivity contribution < 1.29 is 19.0 Å². The van der Waals surface area contributed by atoms with Crippen molar-refractivity contribution in [3.63, 3.8) is 0 Å². The highest BCUT2D eigenvalue weighted by Crippen LogP contribution is 2.38. The zero-order chi connectivity index (χ0) is 30.9. The summed E-state index contributed by atoms with van der Waals surface area (Å²) in [7, 11) is 0. The van der Waals surface area contributed by atoms with Gasteiger partial charge in [0.15, 0.2) is 11.5 Å². The van der Waals surface area contributed by atoms with Gasteiger partial charge in [0.05, 0.1) is 11.6 Å². The fourth-order valence-electron chi connectivity index (χ4n) is 4.54. The molecular weight excluding hydrogens is 595 g/mol. The molecule has 8 heteroatoms. The predicted molar refractivity (Wildman–Crippen MR) is 175 cm³/mol. The van der Waals surface area contributed by atoms with E-state index in [-0.39, 0.29) is 12.2 Å². The first kappa shape index (κ1) is 30.5. The Morgan fingerprint density at radius 2 is 1.61 bits per heavy atom. The number of nitrogens with zero attached hydrogens (tertiary/aromatic N) is 1. The number of carbonyl (C=O) groups is 1. The molecule has 0 aliphatic carbocycles. The van der Waals surface area contributed by atoms with E-state index in [1.165, 1.54) is 6.08 Å². The van der Waals surface area contributed by atoms with Gasteiger partial charge >= 0.3 is 0 Å². The fourth-order valence-corrected chi connectivity index (χ4v) is 4.94. The third-order valence-electron chi connectivity index (χ3n) is 6.69. The second-order valence-corrected chi connectivity index (χ2v) is 10.6. The first-order chi connectivity index (χ1) is 21.4. The Labute approximate surface area is 266 Å². The van der Waals surface area contributed by atoms with Crippen molar-refractivity contribution in [1.82, 2.24) is 0 Å². The Morgan fingerprint density at radius 3 is 2.36 bits per heavy atom. The number of nitrogens with one attached hydrogen (secondary N) is 1. The zero-order valence-electron chi connectivity index (χ0n) is 23.8. The molecule has 5 aromatic rings. The summed E-state index contributed by atoms with van der Waals surface area (Å²) in [6, 6.07) is 33.7. The van der Waals surface area contributed by atoms with Crippen molar-refractivity contribution in [3.05, 3.63) is 135 Å². The molecule has 220 valence electrons. The molecule has 0 saturated carbocycles. The smallest absolute Gasteiger partial charge is 0.266 e. The van der Waals surface area contributed by atoms with Crippen molar-refractivity contribution in [2.75, 3.05) is 11.9 Å². The van der Waals surface area contributed by atoms with E-state index >= 15 is 0 Å². The van der Waals surface area contributed by atoms with E-state index in [0.717, 1.165) is 21.9 Å². The number of halogens is 2. The van der Waals surface area contributed by atoms with E-state index in [0.29, 0.717) is 51.8 Å². The Balaban J connectivity index is 1.27. The SMILES string of the molecule is CCOc1cc(/C=C(\C#N)C(=O)Nc2ccc(OCc3ccc(Cl)cc3)cc2)cc(Cl)c1OCc1cccc2ccccc12. The summed E-state index contributed by atoms with van der Waals surface area (Å²) in [5.41, 5.74) is 2.92. The van der Waals surface area contributed by atoms with E-state index < -0.39 is 5.91 Å². The van der Waals surface area contributed by atoms with Crippen LogP contribution in [-0.4, -0.2) is 12.5 Å². The van der Waals surface area contributed by atoms with Crippen LogP contribution in [0.1, 0.15) is 23.6 Å². The number of ether oxygens (including phenoxy) is 3. The summed E-state index contributed by atoms with van der Waals surface area (Å²) in [4.78, 5) is 13.0. The Morgan fingerprint density at radius 1 is 0.864 bits per heavy atom. The van der Waals surface area contributed by atoms with Crippen LogP contribution in [0.25, 0.3) is 16.8 Å². The first-order valence-corrected chi connectivity index (χ1v) is 14.7. The lowest BCUT2D eigenvalue weighted by atomic mass is 10.1. The van der Waals surface area contributed by atoms with Crippen LogP contribution in [0.15, 0.2) is 109 Å². The van der Waals surface area contributed by atoms with E-state index in [1.807, 2.05) is 55.5 Å². The topological polar surface area (TPSA) is 80.6 Å². The maximum atomic E-state index is 13.0. The average Bonchev–Trinajstić information content (AvgIpc) is 3.04. The highest BCUT2D eigenvalue weighted by Gasteiger charge is 2.16. The zero-order valence-corrected chi connectivity index (χ0v) is 25.4. The number of rotatable bonds is 11. The standard InChI is InChI=1S/C36H28Cl2N2O4/c1-2-42-34-20-25(19-33(38)35(34)44-23-27-8-5-7-26-6-3-4-9-32(26)27)18-28(21-39)36(41)40-30-14-16-31(17-15-30)43-22-24-10-12-29(37)13-11-24/h3-20H,2,22-23H2,1H3,(H,40,41)/b28-18+. The van der Waals surface area contributed by atoms with Gasteiger partial charge in [-0.05, 0) is 89.0 Å². The van der Waals surface area contributed by atoms with Gasteiger partial charge in [0.2, 0.25) is 0 Å². The maximum absolute atomic E-state index is 13.0. The van der Waals surface area contributed by atoms with Crippen molar-refractivity contribution in [1.29, 1.82) is 5.26 Å². The van der Waals surface area contributed by atoms with Crippen molar-refractivity contribution >= 4 is 51.6 Å². The molecule has 0 unspecified atom stereocenters. The summed E-state index contributed by atoms with van der Waals surface area (Å²) in [5.74, 6) is 0.876. The number of hydrogen-bond acceptors (Lipinski definition) is 5. The van der Waals surface area contributed by atoms with E-state index in [2.05, 4.69) is 17.4 Å². The number of anilines is 1. The molecule has 0 atom stereocenters. The molecule has 0 radical (unpaired) electrons. The number of carbonyl (C=O) groups excluding carboxylic acids is 1. The van der Waals surface area contributed by atoms with Gasteiger partial charge in [-0.3, -0.25) is 4.79 Å². The second-order valence-electron chi connectivity index (χ2n) is 9.75. The Kier molecular flexibility index (Phi) is 10.0. The summed E-state index contributed by atoms with van der Waals surface area (Å²) in [6.07, 6.45) is 1.46. The molecule has 0 bridgehead atoms. The molecule has 0 aromatic heterocycles. The number of nitriles is 1. The van der Waals surface area contributed by atoms with E-state index in [1.54, 1.807) is 48.5 Å². The van der Waals surface area contributed by atoms with Crippen LogP contribution in [0.5, 0.6) is 17.2 Å². The number of fused-ring (bicyclic) bond motifs is 1. The van der Waals surface area contributed by atoms with Gasteiger partial charge in [-0.25, -0.2) is 0 Å². The van der Waals surface area contributed by atoms with Crippen molar-refractivity contribution in [2.45, 2.75) is 20.1 Å². The molecular formula is C36H28Cl2N2O4. The first-order valence-electron chi connectivity index (χ1n) is 13.9. The number of hydrogen-bond donors (Lipinski definition) is 1. The van der Waals surface area contributed by atoms with Crippen molar-refractivity contribution in [2.24, 2.45) is 0 Å². The van der Waals surface area contributed by atoms with E-state index in [9.17, 15) is 10.1 Å². The lowest BCUT2D eigenvalue weighted by molar-refractivity contribution is -0.112. The fraction of sp³-hybridized carbons (Fsp3) is 0.111. The van der Waals surface area contributed by atoms with Crippen LogP contribution < -0.4 is 19.5 Å².